The van der Waals surface area contributed by atoms with Crippen molar-refractivity contribution in [2.24, 2.45) is 0 Å². The maximum absolute atomic E-state index is 6.49. The highest BCUT2D eigenvalue weighted by Crippen LogP contribution is 2.47. The third-order valence-electron chi connectivity index (χ3n) is 28.6. The Morgan fingerprint density at radius 1 is 0.127 bits per heavy atom. The highest BCUT2D eigenvalue weighted by Gasteiger charge is 2.26. The summed E-state index contributed by atoms with van der Waals surface area (Å²) in [4.78, 5) is 0. The third-order valence-corrected chi connectivity index (χ3v) is 28.6. The molecule has 30 rings (SSSR count). The van der Waals surface area contributed by atoms with Crippen molar-refractivity contribution >= 4 is 175 Å². The van der Waals surface area contributed by atoms with Crippen LogP contribution in [0.4, 0.5) is 0 Å². The van der Waals surface area contributed by atoms with E-state index in [-0.39, 0.29) is 0 Å². The number of hydrogen-bond acceptors (Lipinski definition) is 4. The molecule has 8 heteroatoms. The van der Waals surface area contributed by atoms with Crippen LogP contribution in [0.5, 0.6) is 0 Å². The Morgan fingerprint density at radius 2 is 0.310 bits per heavy atom. The number of para-hydroxylation sites is 11. The summed E-state index contributed by atoms with van der Waals surface area (Å²) in [6.45, 7) is 4.26. The molecule has 0 radical (unpaired) electrons. The molecule has 0 saturated heterocycles. The first-order valence-corrected chi connectivity index (χ1v) is 48.5. The monoisotopic (exact) mass is 1820 g/mol. The van der Waals surface area contributed by atoms with Gasteiger partial charge in [0.15, 0.2) is 22.3 Å². The van der Waals surface area contributed by atoms with Gasteiger partial charge < -0.3 is 35.9 Å². The van der Waals surface area contributed by atoms with E-state index in [1.165, 1.54) is 154 Å². The van der Waals surface area contributed by atoms with Gasteiger partial charge in [0.25, 0.3) is 0 Å². The molecule has 0 aliphatic heterocycles. The first kappa shape index (κ1) is 82.7. The molecule has 0 unspecified atom stereocenters. The molecule has 142 heavy (non-hydrogen) atoms. The molecule has 0 spiro atoms. The van der Waals surface area contributed by atoms with E-state index >= 15 is 0 Å². The lowest BCUT2D eigenvalue weighted by atomic mass is 9.98. The molecule has 0 aliphatic rings. The molecule has 0 atom stereocenters. The van der Waals surface area contributed by atoms with E-state index in [4.69, 9.17) is 17.7 Å². The summed E-state index contributed by atoms with van der Waals surface area (Å²) < 4.78 is 35.1. The molecule has 668 valence electrons. The molecule has 0 N–H and O–H groups in total. The van der Waals surface area contributed by atoms with Crippen molar-refractivity contribution in [1.82, 2.24) is 18.3 Å². The van der Waals surface area contributed by atoms with Crippen LogP contribution < -0.4 is 0 Å². The van der Waals surface area contributed by atoms with E-state index in [1.54, 1.807) is 0 Å². The summed E-state index contributed by atoms with van der Waals surface area (Å²) in [5.41, 5.74) is 38.1. The molecule has 0 fully saturated rings. The summed E-state index contributed by atoms with van der Waals surface area (Å²) in [6, 6.07) is 177. The number of hydrogen-bond donors (Lipinski definition) is 0. The van der Waals surface area contributed by atoms with Gasteiger partial charge >= 0.3 is 0 Å². The molecule has 30 aromatic rings. The second-order valence-electron chi connectivity index (χ2n) is 37.0. The van der Waals surface area contributed by atoms with E-state index in [0.717, 1.165) is 122 Å². The van der Waals surface area contributed by atoms with E-state index in [1.807, 2.05) is 48.5 Å². The molecule has 0 saturated carbocycles. The maximum atomic E-state index is 6.49. The van der Waals surface area contributed by atoms with Gasteiger partial charge in [0, 0.05) is 86.2 Å². The number of benzene rings is 22. The van der Waals surface area contributed by atoms with Crippen molar-refractivity contribution < 1.29 is 17.7 Å². The quantitative estimate of drug-likeness (QED) is 0.137. The first-order valence-electron chi connectivity index (χ1n) is 48.5. The summed E-state index contributed by atoms with van der Waals surface area (Å²) >= 11 is 0. The fraction of sp³-hybridized carbons (Fsp3) is 0.0149. The topological polar surface area (TPSA) is 72.3 Å². The van der Waals surface area contributed by atoms with Gasteiger partial charge in [0.05, 0.1) is 66.9 Å². The average molecular weight is 1820 g/mol. The van der Waals surface area contributed by atoms with Gasteiger partial charge in [-0.25, -0.2) is 0 Å². The summed E-state index contributed by atoms with van der Waals surface area (Å²) in [6.07, 6.45) is 0. The molecule has 22 aromatic carbocycles. The van der Waals surface area contributed by atoms with Crippen LogP contribution in [0.1, 0.15) is 11.1 Å². The Bertz CT molecular complexity index is 9950. The molecule has 8 nitrogen and oxygen atoms in total. The minimum atomic E-state index is 0.909. The molecule has 0 amide bonds. The van der Waals surface area contributed by atoms with Crippen LogP contribution in [0.3, 0.4) is 0 Å². The number of aryl methyl sites for hydroxylation is 2. The fourth-order valence-electron chi connectivity index (χ4n) is 21.8. The van der Waals surface area contributed by atoms with Crippen molar-refractivity contribution in [2.45, 2.75) is 13.8 Å². The second-order valence-corrected chi connectivity index (χ2v) is 37.0. The number of rotatable bonds is 10. The van der Waals surface area contributed by atoms with Crippen LogP contribution in [0, 0.1) is 13.8 Å². The third kappa shape index (κ3) is 14.0. The van der Waals surface area contributed by atoms with Gasteiger partial charge in [-0.3, -0.25) is 0 Å². The zero-order valence-electron chi connectivity index (χ0n) is 77.8. The average Bonchev–Trinajstić information content (AvgIpc) is 1.57. The summed E-state index contributed by atoms with van der Waals surface area (Å²) in [5, 5.41) is 19.1. The van der Waals surface area contributed by atoms with Gasteiger partial charge in [-0.2, -0.15) is 0 Å². The van der Waals surface area contributed by atoms with Crippen molar-refractivity contribution in [3.8, 4) is 89.5 Å². The van der Waals surface area contributed by atoms with E-state index < -0.39 is 0 Å². The summed E-state index contributed by atoms with van der Waals surface area (Å²) in [7, 11) is 0. The minimum absolute atomic E-state index is 0.909. The highest BCUT2D eigenvalue weighted by atomic mass is 16.3. The fourth-order valence-corrected chi connectivity index (χ4v) is 21.8. The van der Waals surface area contributed by atoms with Gasteiger partial charge in [-0.05, 0) is 214 Å². The SMILES string of the molecule is Cc1ccc(-c2ccc3c(c2)c2cc(-c4ccc(C)cc4)ccc2n3-c2cccc3c2oc2ccccc23)cc1.c1ccc(-c2ccc3c(c2)c2cc(-c4ccccc4)ccc2n3-c2cccc3c2oc2ccccc23)cc1.c1ccc(-c2cccc(-c3ccc4c(c3)c3ccccc3n4-c3cccc4c3oc3ccccc34)c2)cc1.c1ccc2c(c1)oc1c(-n3c4ccccc4c4ccccc43)cccc12. The number of furan rings is 4. The minimum Gasteiger partial charge on any atom is -0.454 e. The van der Waals surface area contributed by atoms with Crippen molar-refractivity contribution in [3.05, 3.63) is 509 Å². The Balaban J connectivity index is 0.0000000956. The standard InChI is InChI=1S/C38H27NO.2C36H23NO.C24H15NO/c1-24-10-14-26(15-11-24)28-18-20-34-32(22-28)33-23-29(27-16-12-25(2)13-17-27)19-21-35(33)39(34)36-8-5-7-31-30-6-3-4-9-37(30)40-38(31)36;1-3-10-24(11-4-1)26-18-20-32-30(22-26)31-23-27(25-12-5-2-6-13-25)19-21-33(31)37(32)34-16-9-15-29-28-14-7-8-17-35(28)38-36(29)34;1-2-10-24(11-3-1)25-12-8-13-26(22-25)27-20-21-33-31(23-27)28-14-4-6-17-32(28)37(33)34-18-9-16-30-29-15-5-7-19-35(29)38-36(30)34;1-4-12-20-16(8-1)17-9-2-5-13-21(17)25(20)22-14-7-11-19-18-10-3-6-15-23(18)26-24(19)22/h3-23H,1-2H3;2*1-23H;1-15H. The Kier molecular flexibility index (Phi) is 19.9. The van der Waals surface area contributed by atoms with Gasteiger partial charge in [-0.1, -0.05) is 375 Å². The van der Waals surface area contributed by atoms with Gasteiger partial charge in [0.1, 0.15) is 22.3 Å². The summed E-state index contributed by atoms with van der Waals surface area (Å²) in [5.74, 6) is 0. The predicted octanol–water partition coefficient (Wildman–Crippen LogP) is 37.4. The Labute approximate surface area is 817 Å². The van der Waals surface area contributed by atoms with Crippen LogP contribution in [0.2, 0.25) is 0 Å². The smallest absolute Gasteiger partial charge is 0.159 e. The van der Waals surface area contributed by atoms with Crippen LogP contribution in [0.25, 0.3) is 264 Å². The zero-order chi connectivity index (χ0) is 94.0. The number of nitrogens with zero attached hydrogens (tertiary/aromatic N) is 4. The first-order chi connectivity index (χ1) is 70.2. The maximum Gasteiger partial charge on any atom is 0.159 e. The van der Waals surface area contributed by atoms with Crippen molar-refractivity contribution in [1.29, 1.82) is 0 Å². The Morgan fingerprint density at radius 3 is 0.599 bits per heavy atom. The number of aromatic nitrogens is 4. The highest BCUT2D eigenvalue weighted by molar-refractivity contribution is 6.19. The Hall–Kier alpha value is -18.8. The molecule has 0 aliphatic carbocycles. The lowest BCUT2D eigenvalue weighted by molar-refractivity contribution is 0.666. The van der Waals surface area contributed by atoms with E-state index in [0.29, 0.717) is 0 Å². The van der Waals surface area contributed by atoms with Crippen molar-refractivity contribution in [2.75, 3.05) is 0 Å². The van der Waals surface area contributed by atoms with Gasteiger partial charge in [-0.15, -0.1) is 0 Å². The largest absolute Gasteiger partial charge is 0.454 e. The lowest BCUT2D eigenvalue weighted by Gasteiger charge is -2.09. The van der Waals surface area contributed by atoms with Crippen LogP contribution in [0.15, 0.2) is 515 Å². The van der Waals surface area contributed by atoms with E-state index in [2.05, 4.69) is 481 Å². The predicted molar refractivity (Wildman–Crippen MR) is 594 cm³/mol. The second kappa shape index (κ2) is 34.2. The van der Waals surface area contributed by atoms with Gasteiger partial charge in [0.2, 0.25) is 0 Å². The van der Waals surface area contributed by atoms with E-state index in [9.17, 15) is 0 Å². The molecular formula is C134H88N4O4. The molecule has 8 heterocycles. The number of fused-ring (bicyclic) bond motifs is 24. The molecule has 8 aromatic heterocycles. The zero-order valence-corrected chi connectivity index (χ0v) is 77.8. The normalized spacial score (nSPS) is 11.7. The van der Waals surface area contributed by atoms with Crippen molar-refractivity contribution in [3.63, 3.8) is 0 Å². The van der Waals surface area contributed by atoms with Crippen LogP contribution in [-0.4, -0.2) is 18.3 Å². The molecular weight excluding hydrogens is 1730 g/mol. The lowest BCUT2D eigenvalue weighted by Crippen LogP contribution is -1.94. The van der Waals surface area contributed by atoms with Crippen LogP contribution in [-0.2, 0) is 0 Å². The van der Waals surface area contributed by atoms with Crippen LogP contribution >= 0.6 is 0 Å². The molecule has 0 bridgehead atoms.